The first-order chi connectivity index (χ1) is 11.2. The maximum absolute atomic E-state index is 12.9. The summed E-state index contributed by atoms with van der Waals surface area (Å²) >= 11 is 1.19. The number of hydrogen-bond acceptors (Lipinski definition) is 6. The molecule has 0 unspecified atom stereocenters. The third kappa shape index (κ3) is 2.43. The second-order valence-electron chi connectivity index (χ2n) is 4.99. The number of ether oxygens (including phenoxy) is 2. The quantitative estimate of drug-likeness (QED) is 0.748. The zero-order valence-electron chi connectivity index (χ0n) is 12.0. The van der Waals surface area contributed by atoms with Crippen LogP contribution in [-0.4, -0.2) is 17.6 Å². The van der Waals surface area contributed by atoms with Crippen molar-refractivity contribution in [3.63, 3.8) is 0 Å². The largest absolute Gasteiger partial charge is 0.454 e. The Morgan fingerprint density at radius 2 is 1.87 bits per heavy atom. The van der Waals surface area contributed by atoms with Crippen molar-refractivity contribution >= 4 is 22.3 Å². The van der Waals surface area contributed by atoms with Crippen LogP contribution in [0, 0.1) is 0 Å². The predicted molar refractivity (Wildman–Crippen MR) is 88.0 cm³/mol. The van der Waals surface area contributed by atoms with Gasteiger partial charge < -0.3 is 15.2 Å². The first-order valence-corrected chi connectivity index (χ1v) is 7.80. The number of carbonyl (C=O) groups excluding carboxylic acids is 1. The van der Waals surface area contributed by atoms with Crippen molar-refractivity contribution in [2.24, 2.45) is 0 Å². The third-order valence-electron chi connectivity index (χ3n) is 3.53. The average Bonchev–Trinajstić information content (AvgIpc) is 3.20. The van der Waals surface area contributed by atoms with Crippen molar-refractivity contribution in [3.05, 3.63) is 59.0 Å². The Balaban J connectivity index is 1.77. The summed E-state index contributed by atoms with van der Waals surface area (Å²) in [7, 11) is 0. The summed E-state index contributed by atoms with van der Waals surface area (Å²) in [5, 5.41) is 0.368. The number of aromatic nitrogens is 1. The Morgan fingerprint density at radius 1 is 1.09 bits per heavy atom. The molecule has 0 spiro atoms. The van der Waals surface area contributed by atoms with Crippen LogP contribution in [0.4, 0.5) is 5.13 Å². The number of nitrogens with two attached hydrogens (primary N) is 1. The highest BCUT2D eigenvalue weighted by atomic mass is 32.1. The minimum Gasteiger partial charge on any atom is -0.454 e. The van der Waals surface area contributed by atoms with Gasteiger partial charge in [0.25, 0.3) is 0 Å². The summed E-state index contributed by atoms with van der Waals surface area (Å²) < 4.78 is 10.6. The minimum atomic E-state index is -0.128. The van der Waals surface area contributed by atoms with Crippen LogP contribution in [0.15, 0.2) is 48.5 Å². The molecule has 2 N–H and O–H groups in total. The van der Waals surface area contributed by atoms with Crippen molar-refractivity contribution in [2.75, 3.05) is 12.5 Å². The van der Waals surface area contributed by atoms with E-state index in [-0.39, 0.29) is 12.6 Å². The van der Waals surface area contributed by atoms with E-state index in [1.54, 1.807) is 18.2 Å². The van der Waals surface area contributed by atoms with Crippen molar-refractivity contribution in [2.45, 2.75) is 0 Å². The number of nitrogens with zero attached hydrogens (tertiary/aromatic N) is 1. The van der Waals surface area contributed by atoms with Gasteiger partial charge in [-0.2, -0.15) is 0 Å². The molecule has 0 aliphatic carbocycles. The molecule has 1 aromatic heterocycles. The number of thiazole rings is 1. The lowest BCUT2D eigenvalue weighted by Crippen LogP contribution is -2.01. The molecule has 3 aromatic rings. The molecule has 2 aromatic carbocycles. The van der Waals surface area contributed by atoms with Gasteiger partial charge in [-0.15, -0.1) is 0 Å². The van der Waals surface area contributed by atoms with Crippen LogP contribution in [0.3, 0.4) is 0 Å². The number of rotatable bonds is 3. The van der Waals surface area contributed by atoms with Crippen molar-refractivity contribution in [3.8, 4) is 22.8 Å². The van der Waals surface area contributed by atoms with Crippen molar-refractivity contribution in [1.29, 1.82) is 0 Å². The number of anilines is 1. The number of hydrogen-bond donors (Lipinski definition) is 1. The molecule has 114 valence electrons. The lowest BCUT2D eigenvalue weighted by molar-refractivity contribution is 0.104. The average molecular weight is 324 g/mol. The lowest BCUT2D eigenvalue weighted by Gasteiger charge is -2.03. The Kier molecular flexibility index (Phi) is 3.24. The van der Waals surface area contributed by atoms with Gasteiger partial charge >= 0.3 is 0 Å². The van der Waals surface area contributed by atoms with Gasteiger partial charge in [-0.3, -0.25) is 4.79 Å². The summed E-state index contributed by atoms with van der Waals surface area (Å²) in [5.74, 6) is 1.10. The maximum Gasteiger partial charge on any atom is 0.231 e. The van der Waals surface area contributed by atoms with E-state index in [4.69, 9.17) is 15.2 Å². The molecule has 0 atom stereocenters. The minimum absolute atomic E-state index is 0.128. The smallest absolute Gasteiger partial charge is 0.231 e. The topological polar surface area (TPSA) is 74.4 Å². The van der Waals surface area contributed by atoms with Crippen LogP contribution >= 0.6 is 11.3 Å². The third-order valence-corrected chi connectivity index (χ3v) is 4.42. The molecule has 0 fully saturated rings. The Bertz CT molecular complexity index is 890. The standard InChI is InChI=1S/C17H12N2O3S/c18-17-19-14(10-4-2-1-3-5-10)16(23-17)15(20)11-6-7-12-13(8-11)22-9-21-12/h1-8H,9H2,(H2,18,19). The second kappa shape index (κ2) is 5.40. The normalized spacial score (nSPS) is 12.3. The Labute approximate surface area is 136 Å². The van der Waals surface area contributed by atoms with Gasteiger partial charge in [-0.05, 0) is 18.2 Å². The molecule has 2 heterocycles. The van der Waals surface area contributed by atoms with Gasteiger partial charge in [-0.25, -0.2) is 4.98 Å². The molecule has 23 heavy (non-hydrogen) atoms. The maximum atomic E-state index is 12.9. The van der Waals surface area contributed by atoms with E-state index in [1.807, 2.05) is 30.3 Å². The summed E-state index contributed by atoms with van der Waals surface area (Å²) in [6, 6.07) is 14.7. The lowest BCUT2D eigenvalue weighted by atomic mass is 10.0. The zero-order chi connectivity index (χ0) is 15.8. The number of nitrogen functional groups attached to an aromatic ring is 1. The highest BCUT2D eigenvalue weighted by Gasteiger charge is 2.22. The molecule has 0 saturated heterocycles. The van der Waals surface area contributed by atoms with Crippen molar-refractivity contribution < 1.29 is 14.3 Å². The summed E-state index contributed by atoms with van der Waals surface area (Å²) in [5.41, 5.74) is 7.83. The van der Waals surface area contributed by atoms with Crippen LogP contribution in [-0.2, 0) is 0 Å². The number of fused-ring (bicyclic) bond motifs is 1. The molecular weight excluding hydrogens is 312 g/mol. The highest BCUT2D eigenvalue weighted by molar-refractivity contribution is 7.18. The summed E-state index contributed by atoms with van der Waals surface area (Å²) in [4.78, 5) is 17.7. The number of carbonyl (C=O) groups is 1. The molecule has 0 bridgehead atoms. The van der Waals surface area contributed by atoms with Crippen LogP contribution in [0.5, 0.6) is 11.5 Å². The van der Waals surface area contributed by atoms with Crippen LogP contribution in [0.25, 0.3) is 11.3 Å². The zero-order valence-corrected chi connectivity index (χ0v) is 12.8. The molecule has 1 aliphatic heterocycles. The van der Waals surface area contributed by atoms with Crippen molar-refractivity contribution in [1.82, 2.24) is 4.98 Å². The fraction of sp³-hybridized carbons (Fsp3) is 0.0588. The van der Waals surface area contributed by atoms with E-state index >= 15 is 0 Å². The molecule has 6 heteroatoms. The second-order valence-corrected chi connectivity index (χ2v) is 6.02. The van der Waals surface area contributed by atoms with Crippen LogP contribution in [0.1, 0.15) is 15.2 Å². The van der Waals surface area contributed by atoms with E-state index < -0.39 is 0 Å². The monoisotopic (exact) mass is 324 g/mol. The van der Waals surface area contributed by atoms with Gasteiger partial charge in [-0.1, -0.05) is 41.7 Å². The van der Waals surface area contributed by atoms with E-state index in [1.165, 1.54) is 11.3 Å². The van der Waals surface area contributed by atoms with E-state index in [0.29, 0.717) is 32.8 Å². The molecule has 0 radical (unpaired) electrons. The van der Waals surface area contributed by atoms with Gasteiger partial charge in [0.1, 0.15) is 4.88 Å². The van der Waals surface area contributed by atoms with Crippen LogP contribution in [0.2, 0.25) is 0 Å². The molecule has 0 saturated carbocycles. The Hall–Kier alpha value is -2.86. The predicted octanol–water partition coefficient (Wildman–Crippen LogP) is 3.35. The van der Waals surface area contributed by atoms with Gasteiger partial charge in [0, 0.05) is 11.1 Å². The number of ketones is 1. The van der Waals surface area contributed by atoms with E-state index in [2.05, 4.69) is 4.98 Å². The molecule has 4 rings (SSSR count). The molecule has 0 amide bonds. The number of benzene rings is 2. The van der Waals surface area contributed by atoms with Gasteiger partial charge in [0.05, 0.1) is 5.69 Å². The molecule has 1 aliphatic rings. The molecular formula is C17H12N2O3S. The molecule has 5 nitrogen and oxygen atoms in total. The fourth-order valence-electron chi connectivity index (χ4n) is 2.45. The fourth-order valence-corrected chi connectivity index (χ4v) is 3.27. The summed E-state index contributed by atoms with van der Waals surface area (Å²) in [6.07, 6.45) is 0. The van der Waals surface area contributed by atoms with Gasteiger partial charge in [0.2, 0.25) is 12.6 Å². The SMILES string of the molecule is Nc1nc(-c2ccccc2)c(C(=O)c2ccc3c(c2)OCO3)s1. The van der Waals surface area contributed by atoms with Crippen LogP contribution < -0.4 is 15.2 Å². The summed E-state index contributed by atoms with van der Waals surface area (Å²) in [6.45, 7) is 0.176. The van der Waals surface area contributed by atoms with E-state index in [0.717, 1.165) is 5.56 Å². The highest BCUT2D eigenvalue weighted by Crippen LogP contribution is 2.36. The first-order valence-electron chi connectivity index (χ1n) is 6.98. The first kappa shape index (κ1) is 13.8. The van der Waals surface area contributed by atoms with E-state index in [9.17, 15) is 4.79 Å². The Morgan fingerprint density at radius 3 is 2.70 bits per heavy atom. The van der Waals surface area contributed by atoms with Gasteiger partial charge in [0.15, 0.2) is 16.6 Å².